The van der Waals surface area contributed by atoms with Gasteiger partial charge in [0.05, 0.1) is 18.8 Å². The van der Waals surface area contributed by atoms with Crippen LogP contribution in [0.3, 0.4) is 0 Å². The quantitative estimate of drug-likeness (QED) is 0.689. The van der Waals surface area contributed by atoms with E-state index >= 15 is 0 Å². The van der Waals surface area contributed by atoms with Gasteiger partial charge in [-0.05, 0) is 31.0 Å². The van der Waals surface area contributed by atoms with E-state index < -0.39 is 6.10 Å². The highest BCUT2D eigenvalue weighted by Gasteiger charge is 2.30. The molecule has 3 N–H and O–H groups in total. The van der Waals surface area contributed by atoms with E-state index in [2.05, 4.69) is 10.6 Å². The number of carbonyl (C=O) groups excluding carboxylic acids is 2. The fourth-order valence-electron chi connectivity index (χ4n) is 3.67. The van der Waals surface area contributed by atoms with Crippen LogP contribution in [0.4, 0.5) is 0 Å². The third-order valence-corrected chi connectivity index (χ3v) is 5.62. The summed E-state index contributed by atoms with van der Waals surface area (Å²) in [6.45, 7) is 2.80. The lowest BCUT2D eigenvalue weighted by Gasteiger charge is -2.32. The van der Waals surface area contributed by atoms with Crippen molar-refractivity contribution in [2.75, 3.05) is 39.8 Å². The number of aliphatic hydroxyl groups excluding tert-OH is 1. The number of likely N-dealkylation sites (tertiary alicyclic amines) is 1. The van der Waals surface area contributed by atoms with E-state index in [9.17, 15) is 14.7 Å². The molecule has 0 aromatic heterocycles. The minimum absolute atomic E-state index is 0.00142. The fraction of sp³-hybridized carbons (Fsp3) is 0.579. The molecule has 8 heteroatoms. The molecule has 0 bridgehead atoms. The van der Waals surface area contributed by atoms with E-state index in [1.807, 2.05) is 0 Å². The summed E-state index contributed by atoms with van der Waals surface area (Å²) in [5.41, 5.74) is 0.440. The number of hydrogen-bond acceptors (Lipinski definition) is 5. The number of carbonyl (C=O) groups is 2. The Kier molecular flexibility index (Phi) is 6.57. The van der Waals surface area contributed by atoms with Crippen molar-refractivity contribution in [3.05, 3.63) is 28.8 Å². The van der Waals surface area contributed by atoms with Gasteiger partial charge in [0.1, 0.15) is 5.75 Å². The molecular formula is C19H26ClN3O4. The third kappa shape index (κ3) is 4.72. The van der Waals surface area contributed by atoms with Crippen LogP contribution in [0.15, 0.2) is 18.2 Å². The van der Waals surface area contributed by atoms with Gasteiger partial charge in [0.2, 0.25) is 5.91 Å². The summed E-state index contributed by atoms with van der Waals surface area (Å²) < 4.78 is 5.27. The van der Waals surface area contributed by atoms with Gasteiger partial charge in [-0.3, -0.25) is 9.59 Å². The molecule has 1 aromatic rings. The maximum absolute atomic E-state index is 12.8. The number of halogens is 1. The number of piperidine rings is 1. The number of hydrogen-bond donors (Lipinski definition) is 3. The van der Waals surface area contributed by atoms with Crippen molar-refractivity contribution in [2.24, 2.45) is 11.8 Å². The number of benzene rings is 1. The lowest BCUT2D eigenvalue weighted by atomic mass is 9.95. The Labute approximate surface area is 164 Å². The third-order valence-electron chi connectivity index (χ3n) is 5.39. The first-order valence-corrected chi connectivity index (χ1v) is 9.66. The van der Waals surface area contributed by atoms with Crippen molar-refractivity contribution >= 4 is 23.4 Å². The molecule has 7 nitrogen and oxygen atoms in total. The molecule has 2 atom stereocenters. The molecule has 27 heavy (non-hydrogen) atoms. The maximum atomic E-state index is 12.8. The first-order valence-electron chi connectivity index (χ1n) is 9.29. The van der Waals surface area contributed by atoms with E-state index in [0.717, 1.165) is 6.54 Å². The van der Waals surface area contributed by atoms with E-state index in [0.29, 0.717) is 55.4 Å². The van der Waals surface area contributed by atoms with E-state index in [1.165, 1.54) is 7.11 Å². The zero-order valence-electron chi connectivity index (χ0n) is 15.4. The van der Waals surface area contributed by atoms with Crippen LogP contribution >= 0.6 is 11.6 Å². The lowest BCUT2D eigenvalue weighted by Crippen LogP contribution is -2.44. The van der Waals surface area contributed by atoms with Gasteiger partial charge in [-0.25, -0.2) is 0 Å². The van der Waals surface area contributed by atoms with Crippen LogP contribution in [0, 0.1) is 11.8 Å². The smallest absolute Gasteiger partial charge is 0.257 e. The number of methoxy groups -OCH3 is 1. The molecule has 2 amide bonds. The molecule has 0 radical (unpaired) electrons. The average molecular weight is 396 g/mol. The minimum atomic E-state index is -0.405. The molecule has 0 spiro atoms. The Bertz CT molecular complexity index is 692. The van der Waals surface area contributed by atoms with E-state index in [-0.39, 0.29) is 23.7 Å². The molecular weight excluding hydrogens is 370 g/mol. The highest BCUT2D eigenvalue weighted by atomic mass is 35.5. The molecule has 148 valence electrons. The van der Waals surface area contributed by atoms with Crippen LogP contribution in [-0.2, 0) is 4.79 Å². The first kappa shape index (κ1) is 19.9. The van der Waals surface area contributed by atoms with Gasteiger partial charge in [-0.1, -0.05) is 11.6 Å². The van der Waals surface area contributed by atoms with Gasteiger partial charge in [0, 0.05) is 49.6 Å². The summed E-state index contributed by atoms with van der Waals surface area (Å²) in [5, 5.41) is 16.3. The Morgan fingerprint density at radius 3 is 2.70 bits per heavy atom. The molecule has 2 fully saturated rings. The normalized spacial score (nSPS) is 23.3. The SMILES string of the molecule is COc1ccc(Cl)cc1C(=O)N1CCC(C(=O)NCC2CNCC2O)CC1. The van der Waals surface area contributed by atoms with Crippen LogP contribution < -0.4 is 15.4 Å². The van der Waals surface area contributed by atoms with Crippen LogP contribution in [0.5, 0.6) is 5.75 Å². The number of nitrogens with zero attached hydrogens (tertiary/aromatic N) is 1. The Morgan fingerprint density at radius 2 is 2.07 bits per heavy atom. The van der Waals surface area contributed by atoms with Gasteiger partial charge in [0.15, 0.2) is 0 Å². The van der Waals surface area contributed by atoms with E-state index in [1.54, 1.807) is 23.1 Å². The molecule has 2 aliphatic heterocycles. The molecule has 0 aliphatic carbocycles. The summed E-state index contributed by atoms with van der Waals surface area (Å²) in [6, 6.07) is 4.98. The minimum Gasteiger partial charge on any atom is -0.496 e. The summed E-state index contributed by atoms with van der Waals surface area (Å²) in [6.07, 6.45) is 0.829. The summed E-state index contributed by atoms with van der Waals surface area (Å²) in [7, 11) is 1.52. The highest BCUT2D eigenvalue weighted by molar-refractivity contribution is 6.31. The maximum Gasteiger partial charge on any atom is 0.257 e. The van der Waals surface area contributed by atoms with E-state index in [4.69, 9.17) is 16.3 Å². The van der Waals surface area contributed by atoms with Crippen molar-refractivity contribution in [3.63, 3.8) is 0 Å². The second kappa shape index (κ2) is 8.91. The van der Waals surface area contributed by atoms with Crippen LogP contribution in [0.1, 0.15) is 23.2 Å². The predicted octanol–water partition coefficient (Wildman–Crippen LogP) is 0.897. The van der Waals surface area contributed by atoms with Crippen LogP contribution in [0.25, 0.3) is 0 Å². The number of amides is 2. The topological polar surface area (TPSA) is 90.9 Å². The van der Waals surface area contributed by atoms with Crippen molar-refractivity contribution < 1.29 is 19.4 Å². The number of ether oxygens (including phenoxy) is 1. The Morgan fingerprint density at radius 1 is 1.33 bits per heavy atom. The number of β-amino-alcohol motifs (C(OH)–C–C–N with tert-alkyl or cyclic N) is 1. The monoisotopic (exact) mass is 395 g/mol. The highest BCUT2D eigenvalue weighted by Crippen LogP contribution is 2.26. The van der Waals surface area contributed by atoms with Crippen molar-refractivity contribution in [2.45, 2.75) is 18.9 Å². The zero-order valence-corrected chi connectivity index (χ0v) is 16.2. The van der Waals surface area contributed by atoms with Crippen LogP contribution in [0.2, 0.25) is 5.02 Å². The second-order valence-corrected chi connectivity index (χ2v) is 7.58. The summed E-state index contributed by atoms with van der Waals surface area (Å²) in [5.74, 6) is 0.315. The molecule has 0 saturated carbocycles. The molecule has 2 saturated heterocycles. The Hall–Kier alpha value is -1.83. The largest absolute Gasteiger partial charge is 0.496 e. The fourth-order valence-corrected chi connectivity index (χ4v) is 3.84. The van der Waals surface area contributed by atoms with Gasteiger partial charge < -0.3 is 25.4 Å². The number of rotatable bonds is 5. The summed E-state index contributed by atoms with van der Waals surface area (Å²) in [4.78, 5) is 26.9. The van der Waals surface area contributed by atoms with Crippen molar-refractivity contribution in [1.82, 2.24) is 15.5 Å². The second-order valence-electron chi connectivity index (χ2n) is 7.14. The zero-order chi connectivity index (χ0) is 19.4. The van der Waals surface area contributed by atoms with Gasteiger partial charge in [-0.15, -0.1) is 0 Å². The Balaban J connectivity index is 1.51. The van der Waals surface area contributed by atoms with Crippen molar-refractivity contribution in [3.8, 4) is 5.75 Å². The average Bonchev–Trinajstić information content (AvgIpc) is 3.10. The van der Waals surface area contributed by atoms with Crippen LogP contribution in [-0.4, -0.2) is 67.8 Å². The molecule has 2 aliphatic rings. The van der Waals surface area contributed by atoms with Gasteiger partial charge >= 0.3 is 0 Å². The standard InChI is InChI=1S/C19H26ClN3O4/c1-27-17-3-2-14(20)8-15(17)19(26)23-6-4-12(5-7-23)18(25)22-10-13-9-21-11-16(13)24/h2-3,8,12-13,16,21,24H,4-7,9-11H2,1H3,(H,22,25). The number of aliphatic hydroxyl groups is 1. The number of nitrogens with one attached hydrogen (secondary N) is 2. The molecule has 2 heterocycles. The molecule has 3 rings (SSSR count). The lowest BCUT2D eigenvalue weighted by molar-refractivity contribution is -0.126. The molecule has 1 aromatic carbocycles. The first-order chi connectivity index (χ1) is 13.0. The summed E-state index contributed by atoms with van der Waals surface area (Å²) >= 11 is 6.02. The van der Waals surface area contributed by atoms with Crippen molar-refractivity contribution in [1.29, 1.82) is 0 Å². The van der Waals surface area contributed by atoms with Gasteiger partial charge in [0.25, 0.3) is 5.91 Å². The van der Waals surface area contributed by atoms with Gasteiger partial charge in [-0.2, -0.15) is 0 Å². The molecule has 2 unspecified atom stereocenters. The predicted molar refractivity (Wildman–Crippen MR) is 102 cm³/mol.